The van der Waals surface area contributed by atoms with Crippen LogP contribution in [0.25, 0.3) is 0 Å². The van der Waals surface area contributed by atoms with Crippen molar-refractivity contribution in [2.24, 2.45) is 0 Å². The third kappa shape index (κ3) is 5.45. The lowest BCUT2D eigenvalue weighted by molar-refractivity contribution is -0.129. The zero-order valence-corrected chi connectivity index (χ0v) is 22.4. The lowest BCUT2D eigenvalue weighted by Gasteiger charge is -2.43. The molecule has 0 spiro atoms. The van der Waals surface area contributed by atoms with E-state index >= 15 is 0 Å². The first kappa shape index (κ1) is 25.9. The average Bonchev–Trinajstić information content (AvgIpc) is 3.24. The summed E-state index contributed by atoms with van der Waals surface area (Å²) in [6, 6.07) is 30.5. The molecule has 2 amide bonds. The second kappa shape index (κ2) is 11.2. The van der Waals surface area contributed by atoms with Crippen molar-refractivity contribution < 1.29 is 18.8 Å². The van der Waals surface area contributed by atoms with E-state index in [-0.39, 0.29) is 30.0 Å². The summed E-state index contributed by atoms with van der Waals surface area (Å²) in [5, 5.41) is 2.29. The van der Waals surface area contributed by atoms with E-state index in [0.717, 1.165) is 5.56 Å². The highest BCUT2D eigenvalue weighted by atomic mass is 28.4. The van der Waals surface area contributed by atoms with Crippen molar-refractivity contribution in [1.29, 1.82) is 0 Å². The molecule has 1 heterocycles. The monoisotopic (exact) mass is 501 g/mol. The van der Waals surface area contributed by atoms with E-state index in [2.05, 4.69) is 69.3 Å². The second-order valence-corrected chi connectivity index (χ2v) is 14.6. The van der Waals surface area contributed by atoms with Gasteiger partial charge in [0, 0.05) is 13.0 Å². The molecule has 5 nitrogen and oxygen atoms in total. The molecular formula is C30H35NO4Si. The molecule has 1 atom stereocenters. The number of hydrogen-bond donors (Lipinski definition) is 0. The Morgan fingerprint density at radius 2 is 1.44 bits per heavy atom. The quantitative estimate of drug-likeness (QED) is 0.308. The van der Waals surface area contributed by atoms with Crippen LogP contribution in [-0.2, 0) is 20.4 Å². The molecule has 3 aromatic carbocycles. The highest BCUT2D eigenvalue weighted by molar-refractivity contribution is 6.99. The van der Waals surface area contributed by atoms with Crippen LogP contribution in [0.5, 0.6) is 0 Å². The fourth-order valence-electron chi connectivity index (χ4n) is 5.13. The number of ether oxygens (including phenoxy) is 1. The molecule has 188 valence electrons. The second-order valence-electron chi connectivity index (χ2n) is 10.3. The number of carbonyl (C=O) groups is 2. The first-order chi connectivity index (χ1) is 17.3. The normalized spacial score (nSPS) is 16.1. The van der Waals surface area contributed by atoms with Gasteiger partial charge in [0.2, 0.25) is 5.91 Å². The fraction of sp³-hybridized carbons (Fsp3) is 0.333. The Labute approximate surface area is 215 Å². The molecule has 1 saturated heterocycles. The van der Waals surface area contributed by atoms with Gasteiger partial charge in [-0.2, -0.15) is 0 Å². The van der Waals surface area contributed by atoms with E-state index in [9.17, 15) is 9.59 Å². The summed E-state index contributed by atoms with van der Waals surface area (Å²) >= 11 is 0. The third-order valence-corrected chi connectivity index (χ3v) is 11.9. The molecule has 0 aromatic heterocycles. The Bertz CT molecular complexity index is 1110. The number of cyclic esters (lactones) is 1. The van der Waals surface area contributed by atoms with E-state index in [0.29, 0.717) is 19.4 Å². The number of benzene rings is 3. The highest BCUT2D eigenvalue weighted by Crippen LogP contribution is 2.36. The molecule has 1 aliphatic rings. The van der Waals surface area contributed by atoms with E-state index in [1.54, 1.807) is 0 Å². The van der Waals surface area contributed by atoms with Gasteiger partial charge >= 0.3 is 6.09 Å². The number of nitrogens with zero attached hydrogens (tertiary/aromatic N) is 1. The standard InChI is InChI=1S/C30H35NO4Si/c1-30(2,3)36(26-16-9-5-10-17-26,27-18-11-6-12-19-27)35-21-13-20-28(32)31-25(23-34-29(31)33)22-24-14-7-4-8-15-24/h4-12,14-19,25H,13,20-23H2,1-3H3/t25-/m0/s1. The lowest BCUT2D eigenvalue weighted by atomic mass is 10.1. The van der Waals surface area contributed by atoms with Gasteiger partial charge in [0.1, 0.15) is 6.61 Å². The zero-order chi connectivity index (χ0) is 25.6. The summed E-state index contributed by atoms with van der Waals surface area (Å²) < 4.78 is 12.1. The Morgan fingerprint density at radius 3 is 1.97 bits per heavy atom. The van der Waals surface area contributed by atoms with Crippen molar-refractivity contribution in [2.45, 2.75) is 51.1 Å². The van der Waals surface area contributed by atoms with E-state index in [4.69, 9.17) is 9.16 Å². The first-order valence-electron chi connectivity index (χ1n) is 12.6. The molecule has 1 aliphatic heterocycles. The number of rotatable bonds is 9. The number of imide groups is 1. The molecule has 0 radical (unpaired) electrons. The molecular weight excluding hydrogens is 466 g/mol. The summed E-state index contributed by atoms with van der Waals surface area (Å²) in [6.45, 7) is 7.37. The molecule has 4 rings (SSSR count). The van der Waals surface area contributed by atoms with Crippen LogP contribution in [0.15, 0.2) is 91.0 Å². The molecule has 36 heavy (non-hydrogen) atoms. The van der Waals surface area contributed by atoms with Gasteiger partial charge in [-0.1, -0.05) is 112 Å². The van der Waals surface area contributed by atoms with Crippen LogP contribution >= 0.6 is 0 Å². The van der Waals surface area contributed by atoms with Crippen LogP contribution < -0.4 is 10.4 Å². The van der Waals surface area contributed by atoms with Gasteiger partial charge in [0.05, 0.1) is 6.04 Å². The molecule has 0 bridgehead atoms. The van der Waals surface area contributed by atoms with Crippen LogP contribution in [0, 0.1) is 0 Å². The smallest absolute Gasteiger partial charge is 0.416 e. The zero-order valence-electron chi connectivity index (χ0n) is 21.4. The summed E-state index contributed by atoms with van der Waals surface area (Å²) in [4.78, 5) is 26.8. The molecule has 0 saturated carbocycles. The molecule has 1 fully saturated rings. The maximum atomic E-state index is 13.1. The van der Waals surface area contributed by atoms with Gasteiger partial charge in [-0.25, -0.2) is 9.69 Å². The predicted octanol–water partition coefficient (Wildman–Crippen LogP) is 4.93. The van der Waals surface area contributed by atoms with Gasteiger partial charge < -0.3 is 9.16 Å². The minimum atomic E-state index is -2.65. The Morgan fingerprint density at radius 1 is 0.917 bits per heavy atom. The van der Waals surface area contributed by atoms with Crippen molar-refractivity contribution in [3.8, 4) is 0 Å². The minimum Gasteiger partial charge on any atom is -0.447 e. The number of carbonyl (C=O) groups excluding carboxylic acids is 2. The lowest BCUT2D eigenvalue weighted by Crippen LogP contribution is -2.66. The van der Waals surface area contributed by atoms with Crippen LogP contribution in [0.2, 0.25) is 5.04 Å². The van der Waals surface area contributed by atoms with Gasteiger partial charge in [-0.3, -0.25) is 4.79 Å². The van der Waals surface area contributed by atoms with Crippen molar-refractivity contribution in [1.82, 2.24) is 4.90 Å². The number of hydrogen-bond acceptors (Lipinski definition) is 4. The topological polar surface area (TPSA) is 55.8 Å². The van der Waals surface area contributed by atoms with Gasteiger partial charge in [0.25, 0.3) is 8.32 Å². The maximum absolute atomic E-state index is 13.1. The summed E-state index contributed by atoms with van der Waals surface area (Å²) in [6.07, 6.45) is 0.814. The Kier molecular flexibility index (Phi) is 8.06. The van der Waals surface area contributed by atoms with E-state index in [1.165, 1.54) is 15.3 Å². The summed E-state index contributed by atoms with van der Waals surface area (Å²) in [5.74, 6) is -0.204. The van der Waals surface area contributed by atoms with Crippen molar-refractivity contribution in [3.05, 3.63) is 96.6 Å². The van der Waals surface area contributed by atoms with Gasteiger partial charge in [-0.05, 0) is 33.8 Å². The average molecular weight is 502 g/mol. The van der Waals surface area contributed by atoms with Crippen LogP contribution in [-0.4, -0.2) is 44.5 Å². The van der Waals surface area contributed by atoms with Crippen molar-refractivity contribution in [2.75, 3.05) is 13.2 Å². The van der Waals surface area contributed by atoms with E-state index < -0.39 is 14.4 Å². The van der Waals surface area contributed by atoms with Gasteiger partial charge in [0.15, 0.2) is 0 Å². The SMILES string of the molecule is CC(C)(C)[Si](OCCCC(=O)N1C(=O)OC[C@@H]1Cc1ccccc1)(c1ccccc1)c1ccccc1. The maximum Gasteiger partial charge on any atom is 0.416 e. The summed E-state index contributed by atoms with van der Waals surface area (Å²) in [5.41, 5.74) is 1.08. The van der Waals surface area contributed by atoms with E-state index in [1.807, 2.05) is 42.5 Å². The van der Waals surface area contributed by atoms with Crippen LogP contribution in [0.1, 0.15) is 39.2 Å². The van der Waals surface area contributed by atoms with Crippen LogP contribution in [0.4, 0.5) is 4.79 Å². The molecule has 3 aromatic rings. The first-order valence-corrected chi connectivity index (χ1v) is 14.5. The summed E-state index contributed by atoms with van der Waals surface area (Å²) in [7, 11) is -2.65. The minimum absolute atomic E-state index is 0.126. The van der Waals surface area contributed by atoms with Crippen molar-refractivity contribution >= 4 is 30.7 Å². The third-order valence-electron chi connectivity index (χ3n) is 6.81. The molecule has 6 heteroatoms. The fourth-order valence-corrected chi connectivity index (χ4v) is 9.74. The predicted molar refractivity (Wildman–Crippen MR) is 145 cm³/mol. The Hall–Kier alpha value is -3.22. The van der Waals surface area contributed by atoms with Crippen LogP contribution in [0.3, 0.4) is 0 Å². The largest absolute Gasteiger partial charge is 0.447 e. The van der Waals surface area contributed by atoms with Crippen molar-refractivity contribution in [3.63, 3.8) is 0 Å². The molecule has 0 unspecified atom stereocenters. The Balaban J connectivity index is 1.47. The molecule has 0 N–H and O–H groups in total. The highest BCUT2D eigenvalue weighted by Gasteiger charge is 2.50. The molecule has 0 aliphatic carbocycles. The number of amides is 2. The van der Waals surface area contributed by atoms with Gasteiger partial charge in [-0.15, -0.1) is 0 Å².